The highest BCUT2D eigenvalue weighted by molar-refractivity contribution is 7.32. The van der Waals surface area contributed by atoms with Gasteiger partial charge in [0.25, 0.3) is 33.1 Å². The lowest BCUT2D eigenvalue weighted by molar-refractivity contribution is -0.655. The molecule has 1 aromatic carbocycles. The number of pyridine rings is 10. The quantitative estimate of drug-likeness (QED) is 0.139. The van der Waals surface area contributed by atoms with Crippen LogP contribution in [0.15, 0.2) is 236 Å². The van der Waals surface area contributed by atoms with Crippen molar-refractivity contribution in [3.63, 3.8) is 0 Å². The summed E-state index contributed by atoms with van der Waals surface area (Å²) in [5.74, 6) is 3.20. The van der Waals surface area contributed by atoms with Crippen molar-refractivity contribution in [2.75, 3.05) is 0 Å². The van der Waals surface area contributed by atoms with Gasteiger partial charge in [-0.15, -0.1) is 4.57 Å². The van der Waals surface area contributed by atoms with Gasteiger partial charge in [0, 0.05) is 126 Å². The smallest absolute Gasteiger partial charge is 0.413 e. The van der Waals surface area contributed by atoms with E-state index < -0.39 is 6.98 Å². The first-order valence-corrected chi connectivity index (χ1v) is 34.8. The van der Waals surface area contributed by atoms with Crippen LogP contribution in [-0.4, -0.2) is 63.5 Å². The van der Waals surface area contributed by atoms with E-state index >= 15 is 0 Å². The third-order valence-electron chi connectivity index (χ3n) is 19.8. The van der Waals surface area contributed by atoms with E-state index in [-0.39, 0.29) is 0 Å². The molecule has 0 amide bonds. The molecule has 490 valence electrons. The molecule has 103 heavy (non-hydrogen) atoms. The summed E-state index contributed by atoms with van der Waals surface area (Å²) in [4.78, 5) is 45.5. The number of hydrogen-bond acceptors (Lipinski definition) is 17. The lowest BCUT2D eigenvalue weighted by Gasteiger charge is -1.99. The van der Waals surface area contributed by atoms with Crippen LogP contribution in [0.2, 0.25) is 0 Å². The Morgan fingerprint density at radius 3 is 1.40 bits per heavy atom. The van der Waals surface area contributed by atoms with Gasteiger partial charge in [-0.3, -0.25) is 24.9 Å². The molecule has 21 aromatic rings. The molecular formula is C78H51N18O5S2+5. The number of aryl methyl sites for hydroxylation is 2. The van der Waals surface area contributed by atoms with Gasteiger partial charge in [0.15, 0.2) is 13.1 Å². The number of nitrogens with zero attached hydrogens (tertiary/aromatic N) is 18. The fourth-order valence-corrected chi connectivity index (χ4v) is 17.9. The predicted molar refractivity (Wildman–Crippen MR) is 383 cm³/mol. The van der Waals surface area contributed by atoms with Gasteiger partial charge in [0.05, 0.1) is 61.9 Å². The fraction of sp³-hybridized carbons (Fsp3) is 0.0897. The van der Waals surface area contributed by atoms with Gasteiger partial charge >= 0.3 is 28.5 Å². The molecule has 25 heteroatoms. The third kappa shape index (κ3) is 8.44. The van der Waals surface area contributed by atoms with E-state index in [4.69, 9.17) is 26.2 Å². The topological polar surface area (TPSA) is 229 Å². The molecule has 20 aromatic heterocycles. The van der Waals surface area contributed by atoms with Gasteiger partial charge in [-0.25, -0.2) is 34.1 Å². The van der Waals surface area contributed by atoms with E-state index in [2.05, 4.69) is 109 Å². The average Bonchev–Trinajstić information content (AvgIpc) is 1.53. The molecule has 0 spiro atoms. The number of benzene rings is 1. The number of thiazole rings is 1. The monoisotopic (exact) mass is 1390 g/mol. The lowest BCUT2D eigenvalue weighted by atomic mass is 10.2. The number of hydrogen-bond donors (Lipinski definition) is 0. The number of rotatable bonds is 1. The number of furan rings is 1. The number of oxazole rings is 4. The minimum atomic E-state index is -2.34. The van der Waals surface area contributed by atoms with Crippen molar-refractivity contribution in [2.45, 2.75) is 32.7 Å². The van der Waals surface area contributed by atoms with E-state index in [0.717, 1.165) is 143 Å². The molecule has 0 unspecified atom stereocenters. The maximum Gasteiger partial charge on any atom is 0.423 e. The largest absolute Gasteiger partial charge is 0.423 e. The van der Waals surface area contributed by atoms with Crippen molar-refractivity contribution >= 4 is 132 Å². The molecule has 0 aliphatic carbocycles. The Balaban J connectivity index is 0.0000000830. The lowest BCUT2D eigenvalue weighted by Crippen LogP contribution is -2.32. The second-order valence-electron chi connectivity index (χ2n) is 25.5. The number of thiophene rings is 1. The van der Waals surface area contributed by atoms with Crippen LogP contribution < -0.4 is 22.8 Å². The van der Waals surface area contributed by atoms with Gasteiger partial charge in [-0.1, -0.05) is 29.5 Å². The van der Waals surface area contributed by atoms with Crippen LogP contribution in [-0.2, 0) is 46.7 Å². The summed E-state index contributed by atoms with van der Waals surface area (Å²) >= 11 is 3.64. The van der Waals surface area contributed by atoms with Crippen molar-refractivity contribution < 1.29 is 49.0 Å². The highest BCUT2D eigenvalue weighted by Crippen LogP contribution is 2.43. The van der Waals surface area contributed by atoms with Gasteiger partial charge in [0.2, 0.25) is 39.4 Å². The molecule has 5 aliphatic heterocycles. The van der Waals surface area contributed by atoms with Crippen molar-refractivity contribution in [1.29, 1.82) is 0 Å². The van der Waals surface area contributed by atoms with Crippen molar-refractivity contribution in [1.82, 2.24) is 63.5 Å². The summed E-state index contributed by atoms with van der Waals surface area (Å²) in [6, 6.07) is 40.1. The fourth-order valence-electron chi connectivity index (χ4n) is 15.2. The van der Waals surface area contributed by atoms with Crippen LogP contribution in [0.4, 0.5) is 0 Å². The first kappa shape index (κ1) is 54.5. The molecule has 0 atom stereocenters. The number of fused-ring (bicyclic) bond motifs is 35. The molecule has 26 rings (SSSR count). The first-order valence-electron chi connectivity index (χ1n) is 34.7. The second kappa shape index (κ2) is 22.1. The Labute approximate surface area is 591 Å². The van der Waals surface area contributed by atoms with Crippen LogP contribution in [0.5, 0.6) is 0 Å². The van der Waals surface area contributed by atoms with Gasteiger partial charge < -0.3 is 22.1 Å². The zero-order chi connectivity index (χ0) is 70.2. The van der Waals surface area contributed by atoms with Crippen molar-refractivity contribution in [2.24, 2.45) is 14.0 Å². The zero-order valence-electron chi connectivity index (χ0n) is 57.2. The minimum Gasteiger partial charge on any atom is -0.413 e. The summed E-state index contributed by atoms with van der Waals surface area (Å²) in [5.41, 5.74) is 21.9. The average molecular weight is 1390 g/mol. The molecule has 0 fully saturated rings. The molecule has 0 bridgehead atoms. The summed E-state index contributed by atoms with van der Waals surface area (Å²) in [6.45, 7) is 1.53. The zero-order valence-corrected chi connectivity index (χ0v) is 55.8. The normalized spacial score (nSPS) is 13.5. The van der Waals surface area contributed by atoms with E-state index in [1.165, 1.54) is 52.3 Å². The Morgan fingerprint density at radius 2 is 0.816 bits per heavy atom. The standard InChI is InChI=1S/C20H13N4O.2C15H11N4O.C14H8N3O2.C14H8N3S2/c1-2-5-14(6-3-1)24-18-15(7-4-9-22-18)17-19(24)23-12-13-8-10-21-11-16(13)20(23)25-17;2*1-18-13-10(3-2-5-17-13)12-14(18)19-8-9-4-6-16-7-11(9)15(19)20-12;2*1-2-9-11-14(19-12(9)16-4-1)17-7-8-3-5-15-6-10(8)13(17)18-11/h1-11H,12H2;2*2-7H,8H2,1H3;2*1-6H,7H2/q5*+1/i;1D3;;;. The van der Waals surface area contributed by atoms with Crippen LogP contribution >= 0.6 is 22.7 Å². The van der Waals surface area contributed by atoms with E-state index in [1.54, 1.807) is 48.4 Å². The molecule has 0 saturated carbocycles. The molecule has 0 saturated heterocycles. The summed E-state index contributed by atoms with van der Waals surface area (Å²) in [7, 11) is 2.03. The first-order chi connectivity index (χ1) is 52.1. The maximum atomic E-state index is 7.91. The SMILES string of the molecule is Cn1c2ncccc2c2oc3[n+](c21)Cc1ccncc1-3.[2H]C([2H])([2H])n1c2ncccc2c2oc3[n+](c21)Cc1ccncc1-3.c1ccc(-n2c3ncccc3c3oc4[n+](c32)Cc2ccncc2-4)cc1.c1cnc2oc3c(oc4[n+]3Cc3ccncc3-4)c2c1.c1cnc2sc3c(sc4[n+]3Cc3ccncc3-4)c2c1. The Hall–Kier alpha value is -13.4. The maximum absolute atomic E-state index is 7.91. The summed E-state index contributed by atoms with van der Waals surface area (Å²) in [5, 5.41) is 6.29. The van der Waals surface area contributed by atoms with Crippen molar-refractivity contribution in [3.05, 3.63) is 242 Å². The highest BCUT2D eigenvalue weighted by atomic mass is 32.1. The highest BCUT2D eigenvalue weighted by Gasteiger charge is 2.41. The van der Waals surface area contributed by atoms with Crippen LogP contribution in [0.1, 0.15) is 31.9 Å². The van der Waals surface area contributed by atoms with E-state index in [9.17, 15) is 0 Å². The third-order valence-corrected chi connectivity index (χ3v) is 22.4. The Morgan fingerprint density at radius 1 is 0.379 bits per heavy atom. The van der Waals surface area contributed by atoms with Gasteiger partial charge in [0.1, 0.15) is 40.4 Å². The molecule has 0 N–H and O–H groups in total. The van der Waals surface area contributed by atoms with Crippen molar-refractivity contribution in [3.8, 4) is 62.1 Å². The van der Waals surface area contributed by atoms with E-state index in [1.807, 2.05) is 168 Å². The molecule has 0 radical (unpaired) electrons. The van der Waals surface area contributed by atoms with Gasteiger partial charge in [-0.05, 0) is 114 Å². The predicted octanol–water partition coefficient (Wildman–Crippen LogP) is 13.1. The Kier molecular flexibility index (Phi) is 11.7. The number of aromatic nitrogens is 18. The summed E-state index contributed by atoms with van der Waals surface area (Å²) in [6.07, 6.45) is 27.2. The number of para-hydroxylation sites is 1. The molecule has 5 aliphatic rings. The second-order valence-corrected chi connectivity index (χ2v) is 27.4. The molecule has 25 heterocycles. The minimum absolute atomic E-state index is 0.408. The molecule has 23 nitrogen and oxygen atoms in total. The van der Waals surface area contributed by atoms with Crippen LogP contribution in [0, 0.1) is 0 Å². The van der Waals surface area contributed by atoms with E-state index in [0.29, 0.717) is 40.4 Å². The van der Waals surface area contributed by atoms with Gasteiger partial charge in [-0.2, -0.15) is 22.8 Å². The van der Waals surface area contributed by atoms with Crippen LogP contribution in [0.3, 0.4) is 0 Å². The summed E-state index contributed by atoms with van der Waals surface area (Å²) < 4.78 is 71.6. The van der Waals surface area contributed by atoms with Crippen LogP contribution in [0.25, 0.3) is 171 Å². The molecular weight excluding hydrogens is 1330 g/mol. The Bertz CT molecular complexity index is 7100.